The van der Waals surface area contributed by atoms with Crippen molar-refractivity contribution >= 4 is 11.6 Å². The molecule has 28 heavy (non-hydrogen) atoms. The second-order valence-corrected chi connectivity index (χ2v) is 6.87. The molecule has 3 heterocycles. The van der Waals surface area contributed by atoms with Gasteiger partial charge in [-0.2, -0.15) is 8.78 Å². The minimum Gasteiger partial charge on any atom is -0.435 e. The van der Waals surface area contributed by atoms with E-state index in [4.69, 9.17) is 0 Å². The molecule has 1 saturated heterocycles. The summed E-state index contributed by atoms with van der Waals surface area (Å²) in [6.07, 6.45) is 4.02. The van der Waals surface area contributed by atoms with E-state index in [1.165, 1.54) is 12.1 Å². The number of halogens is 2. The van der Waals surface area contributed by atoms with Gasteiger partial charge in [0.25, 0.3) is 0 Å². The first-order valence-electron chi connectivity index (χ1n) is 9.21. The largest absolute Gasteiger partial charge is 0.435 e. The number of ether oxygens (including phenoxy) is 1. The summed E-state index contributed by atoms with van der Waals surface area (Å²) in [4.78, 5) is 14.6. The van der Waals surface area contributed by atoms with Crippen molar-refractivity contribution in [1.82, 2.24) is 19.5 Å². The normalized spacial score (nSPS) is 17.2. The monoisotopic (exact) mass is 386 g/mol. The van der Waals surface area contributed by atoms with Crippen molar-refractivity contribution < 1.29 is 18.3 Å². The van der Waals surface area contributed by atoms with Gasteiger partial charge in [-0.15, -0.1) is 10.2 Å². The lowest BCUT2D eigenvalue weighted by Gasteiger charge is -2.32. The van der Waals surface area contributed by atoms with E-state index in [9.17, 15) is 13.6 Å². The lowest BCUT2D eigenvalue weighted by Crippen LogP contribution is -2.40. The number of pyridine rings is 1. The van der Waals surface area contributed by atoms with Gasteiger partial charge in [-0.25, -0.2) is 0 Å². The summed E-state index contributed by atoms with van der Waals surface area (Å²) < 4.78 is 30.8. The van der Waals surface area contributed by atoms with Gasteiger partial charge in [-0.05, 0) is 42.7 Å². The average Bonchev–Trinajstić information content (AvgIpc) is 3.13. The summed E-state index contributed by atoms with van der Waals surface area (Å²) in [6, 6.07) is 12.0. The third-order valence-electron chi connectivity index (χ3n) is 4.98. The second kappa shape index (κ2) is 7.92. The molecule has 2 aromatic heterocycles. The van der Waals surface area contributed by atoms with Crippen molar-refractivity contribution in [2.24, 2.45) is 0 Å². The summed E-state index contributed by atoms with van der Waals surface area (Å²) in [6.45, 7) is -1.55. The predicted molar refractivity (Wildman–Crippen MR) is 98.3 cm³/mol. The highest BCUT2D eigenvalue weighted by Crippen LogP contribution is 2.26. The Hall–Kier alpha value is -3.03. The van der Waals surface area contributed by atoms with Gasteiger partial charge in [-0.3, -0.25) is 9.20 Å². The highest BCUT2D eigenvalue weighted by atomic mass is 19.3. The number of amides is 1. The van der Waals surface area contributed by atoms with Gasteiger partial charge in [-0.1, -0.05) is 18.2 Å². The molecule has 4 rings (SSSR count). The molecule has 1 atom stereocenters. The lowest BCUT2D eigenvalue weighted by atomic mass is 9.96. The third-order valence-corrected chi connectivity index (χ3v) is 4.98. The van der Waals surface area contributed by atoms with Crippen LogP contribution in [-0.4, -0.2) is 45.1 Å². The first-order valence-corrected chi connectivity index (χ1v) is 9.21. The molecule has 1 aliphatic heterocycles. The van der Waals surface area contributed by atoms with Crippen LogP contribution in [0.5, 0.6) is 5.75 Å². The molecule has 0 radical (unpaired) electrons. The number of nitrogens with zero attached hydrogens (tertiary/aromatic N) is 4. The van der Waals surface area contributed by atoms with Gasteiger partial charge in [0.05, 0.1) is 6.42 Å². The predicted octanol–water partition coefficient (Wildman–Crippen LogP) is 3.28. The number of fused-ring (bicyclic) bond motifs is 1. The summed E-state index contributed by atoms with van der Waals surface area (Å²) in [7, 11) is 0. The quantitative estimate of drug-likeness (QED) is 0.675. The fraction of sp³-hybridized carbons (Fsp3) is 0.350. The topological polar surface area (TPSA) is 59.7 Å². The lowest BCUT2D eigenvalue weighted by molar-refractivity contribution is -0.131. The van der Waals surface area contributed by atoms with Crippen LogP contribution in [0.15, 0.2) is 48.7 Å². The van der Waals surface area contributed by atoms with Crippen molar-refractivity contribution in [3.63, 3.8) is 0 Å². The molecule has 0 saturated carbocycles. The molecule has 0 spiro atoms. The number of benzene rings is 1. The van der Waals surface area contributed by atoms with Crippen molar-refractivity contribution in [2.75, 3.05) is 13.1 Å². The Labute approximate surface area is 160 Å². The molecule has 1 amide bonds. The highest BCUT2D eigenvalue weighted by molar-refractivity contribution is 5.79. The Morgan fingerprint density at radius 2 is 2.00 bits per heavy atom. The fourth-order valence-electron chi connectivity index (χ4n) is 3.63. The maximum Gasteiger partial charge on any atom is 0.387 e. The maximum absolute atomic E-state index is 12.7. The van der Waals surface area contributed by atoms with E-state index in [1.54, 1.807) is 12.1 Å². The Morgan fingerprint density at radius 3 is 2.79 bits per heavy atom. The molecule has 1 aliphatic rings. The molecule has 0 bridgehead atoms. The number of carbonyl (C=O) groups is 1. The summed E-state index contributed by atoms with van der Waals surface area (Å²) in [5, 5.41) is 8.53. The van der Waals surface area contributed by atoms with Crippen LogP contribution in [0.2, 0.25) is 0 Å². The fourth-order valence-corrected chi connectivity index (χ4v) is 3.63. The standard InChI is InChI=1S/C20H20F2N4O2/c21-20(22)28-16-8-6-14(7-9-16)12-18(27)25-10-3-4-15(13-25)19-24-23-17-5-1-2-11-26(17)19/h1-2,5-9,11,15,20H,3-4,10,12-13H2. The van der Waals surface area contributed by atoms with Gasteiger partial charge < -0.3 is 9.64 Å². The van der Waals surface area contributed by atoms with E-state index in [0.29, 0.717) is 13.1 Å². The molecule has 6 nitrogen and oxygen atoms in total. The first-order chi connectivity index (χ1) is 13.6. The van der Waals surface area contributed by atoms with Crippen molar-refractivity contribution in [3.05, 3.63) is 60.0 Å². The molecular formula is C20H20F2N4O2. The van der Waals surface area contributed by atoms with Crippen LogP contribution in [0.3, 0.4) is 0 Å². The van der Waals surface area contributed by atoms with Gasteiger partial charge in [0.2, 0.25) is 5.91 Å². The number of aromatic nitrogens is 3. The van der Waals surface area contributed by atoms with E-state index in [0.717, 1.165) is 29.9 Å². The molecular weight excluding hydrogens is 366 g/mol. The Bertz CT molecular complexity index is 958. The molecule has 1 fully saturated rings. The van der Waals surface area contributed by atoms with Gasteiger partial charge in [0.1, 0.15) is 11.6 Å². The third kappa shape index (κ3) is 3.95. The van der Waals surface area contributed by atoms with Crippen LogP contribution in [0.1, 0.15) is 30.1 Å². The van der Waals surface area contributed by atoms with E-state index in [-0.39, 0.29) is 24.0 Å². The van der Waals surface area contributed by atoms with Crippen LogP contribution < -0.4 is 4.74 Å². The van der Waals surface area contributed by atoms with E-state index < -0.39 is 6.61 Å². The van der Waals surface area contributed by atoms with Gasteiger partial charge in [0.15, 0.2) is 5.65 Å². The van der Waals surface area contributed by atoms with Crippen molar-refractivity contribution in [2.45, 2.75) is 31.8 Å². The zero-order chi connectivity index (χ0) is 19.5. The smallest absolute Gasteiger partial charge is 0.387 e. The van der Waals surface area contributed by atoms with Crippen LogP contribution in [0.25, 0.3) is 5.65 Å². The molecule has 0 N–H and O–H groups in total. The number of hydrogen-bond acceptors (Lipinski definition) is 4. The average molecular weight is 386 g/mol. The number of piperidine rings is 1. The van der Waals surface area contributed by atoms with Crippen LogP contribution >= 0.6 is 0 Å². The zero-order valence-corrected chi connectivity index (χ0v) is 15.2. The van der Waals surface area contributed by atoms with Crippen molar-refractivity contribution in [1.29, 1.82) is 0 Å². The minimum absolute atomic E-state index is 0.0149. The van der Waals surface area contributed by atoms with Crippen molar-refractivity contribution in [3.8, 4) is 5.75 Å². The maximum atomic E-state index is 12.7. The van der Waals surface area contributed by atoms with E-state index >= 15 is 0 Å². The first kappa shape index (κ1) is 18.3. The number of hydrogen-bond donors (Lipinski definition) is 0. The molecule has 1 unspecified atom stereocenters. The highest BCUT2D eigenvalue weighted by Gasteiger charge is 2.27. The van der Waals surface area contributed by atoms with E-state index in [1.807, 2.05) is 33.7 Å². The number of carbonyl (C=O) groups excluding carboxylic acids is 1. The summed E-state index contributed by atoms with van der Waals surface area (Å²) in [5.41, 5.74) is 1.56. The molecule has 0 aliphatic carbocycles. The SMILES string of the molecule is O=C(Cc1ccc(OC(F)F)cc1)N1CCCC(c2nnc3ccccn23)C1. The number of alkyl halides is 2. The minimum atomic E-state index is -2.86. The number of likely N-dealkylation sites (tertiary alicyclic amines) is 1. The second-order valence-electron chi connectivity index (χ2n) is 6.87. The molecule has 8 heteroatoms. The van der Waals surface area contributed by atoms with Gasteiger partial charge >= 0.3 is 6.61 Å². The number of rotatable bonds is 5. The van der Waals surface area contributed by atoms with Crippen LogP contribution in [-0.2, 0) is 11.2 Å². The van der Waals surface area contributed by atoms with Crippen LogP contribution in [0, 0.1) is 0 Å². The zero-order valence-electron chi connectivity index (χ0n) is 15.2. The Kier molecular flexibility index (Phi) is 5.18. The van der Waals surface area contributed by atoms with E-state index in [2.05, 4.69) is 14.9 Å². The summed E-state index contributed by atoms with van der Waals surface area (Å²) in [5.74, 6) is 1.11. The summed E-state index contributed by atoms with van der Waals surface area (Å²) >= 11 is 0. The molecule has 3 aromatic rings. The Balaban J connectivity index is 1.42. The molecule has 1 aromatic carbocycles. The Morgan fingerprint density at radius 1 is 1.18 bits per heavy atom. The van der Waals surface area contributed by atoms with Crippen LogP contribution in [0.4, 0.5) is 8.78 Å². The van der Waals surface area contributed by atoms with Gasteiger partial charge in [0, 0.05) is 25.2 Å². The molecule has 146 valence electrons.